The number of aromatic nitrogens is 1. The Kier molecular flexibility index (Phi) is 7.67. The Morgan fingerprint density at radius 1 is 1.23 bits per heavy atom. The Morgan fingerprint density at radius 2 is 2.03 bits per heavy atom. The second kappa shape index (κ2) is 10.4. The lowest BCUT2D eigenvalue weighted by atomic mass is 10.3. The number of thioether (sulfide) groups is 1. The molecule has 3 rings (SSSR count). The van der Waals surface area contributed by atoms with Crippen LogP contribution in [0, 0.1) is 0 Å². The molecule has 2 heterocycles. The number of amides is 1. The maximum Gasteiger partial charge on any atom is 0.333 e. The summed E-state index contributed by atoms with van der Waals surface area (Å²) in [6.07, 6.45) is 4.94. The zero-order chi connectivity index (χ0) is 21.5. The second-order valence-electron chi connectivity index (χ2n) is 6.00. The largest absolute Gasteiger partial charge is 0.463 e. The number of nitrogens with one attached hydrogen (secondary N) is 1. The molecule has 0 saturated carbocycles. The number of hydrogen-bond donors (Lipinski definition) is 1. The third-order valence-corrected chi connectivity index (χ3v) is 6.64. The van der Waals surface area contributed by atoms with Crippen LogP contribution in [0.4, 0.5) is 5.69 Å². The molecule has 156 valence electrons. The van der Waals surface area contributed by atoms with E-state index in [1.54, 1.807) is 13.0 Å². The summed E-state index contributed by atoms with van der Waals surface area (Å²) in [7, 11) is 0. The fourth-order valence-electron chi connectivity index (χ4n) is 2.66. The van der Waals surface area contributed by atoms with E-state index >= 15 is 0 Å². The van der Waals surface area contributed by atoms with Crippen LogP contribution in [-0.4, -0.2) is 29.3 Å². The van der Waals surface area contributed by atoms with Crippen LogP contribution in [0.5, 0.6) is 0 Å². The van der Waals surface area contributed by atoms with Crippen molar-refractivity contribution >= 4 is 64.2 Å². The molecule has 0 radical (unpaired) electrons. The molecule has 0 unspecified atom stereocenters. The van der Waals surface area contributed by atoms with E-state index in [0.29, 0.717) is 14.9 Å². The predicted molar refractivity (Wildman–Crippen MR) is 124 cm³/mol. The van der Waals surface area contributed by atoms with Crippen LogP contribution in [0.3, 0.4) is 0 Å². The molecular weight excluding hydrogens is 440 g/mol. The van der Waals surface area contributed by atoms with E-state index in [2.05, 4.69) is 5.32 Å². The highest BCUT2D eigenvalue weighted by atomic mass is 32.2. The first kappa shape index (κ1) is 22.1. The number of hydrogen-bond acceptors (Lipinski definition) is 7. The Labute approximate surface area is 185 Å². The molecule has 0 spiro atoms. The first-order valence-corrected chi connectivity index (χ1v) is 12.0. The van der Waals surface area contributed by atoms with Gasteiger partial charge in [-0.05, 0) is 42.8 Å². The Morgan fingerprint density at radius 3 is 2.73 bits per heavy atom. The fourth-order valence-corrected chi connectivity index (χ4v) is 4.97. The van der Waals surface area contributed by atoms with Gasteiger partial charge in [0.2, 0.25) is 5.91 Å². The van der Waals surface area contributed by atoms with Crippen molar-refractivity contribution in [1.82, 2.24) is 4.57 Å². The average Bonchev–Trinajstić information content (AvgIpc) is 3.33. The lowest BCUT2D eigenvalue weighted by Crippen LogP contribution is -2.36. The average molecular weight is 461 g/mol. The first-order chi connectivity index (χ1) is 14.5. The van der Waals surface area contributed by atoms with E-state index in [1.807, 2.05) is 48.0 Å². The number of thiophene rings is 1. The molecule has 1 N–H and O–H groups in total. The monoisotopic (exact) mass is 460 g/mol. The Balaban J connectivity index is 1.98. The van der Waals surface area contributed by atoms with E-state index in [4.69, 9.17) is 4.74 Å². The van der Waals surface area contributed by atoms with Gasteiger partial charge in [0.05, 0.1) is 22.9 Å². The highest BCUT2D eigenvalue weighted by molar-refractivity contribution is 7.98. The number of anilines is 1. The Hall–Kier alpha value is -2.62. The maximum atomic E-state index is 13.0. The number of ether oxygens (including phenoxy) is 1. The van der Waals surface area contributed by atoms with Crippen molar-refractivity contribution in [2.75, 3.05) is 18.2 Å². The van der Waals surface area contributed by atoms with Gasteiger partial charge in [-0.2, -0.15) is 0 Å². The molecule has 0 fully saturated rings. The van der Waals surface area contributed by atoms with E-state index in [1.165, 1.54) is 33.7 Å². The van der Waals surface area contributed by atoms with Gasteiger partial charge in [-0.3, -0.25) is 14.2 Å². The van der Waals surface area contributed by atoms with Crippen LogP contribution in [0.1, 0.15) is 11.8 Å². The van der Waals surface area contributed by atoms with Gasteiger partial charge in [0.15, 0.2) is 0 Å². The number of esters is 1. The molecule has 9 heteroatoms. The minimum Gasteiger partial charge on any atom is -0.463 e. The SMILES string of the molecule is CCOC(=O)/C=c1\s/c(=C/c2cccs2)c(=O)n1CC(=O)Nc1ccccc1SC. The molecule has 0 saturated heterocycles. The van der Waals surface area contributed by atoms with Crippen LogP contribution in [0.25, 0.3) is 12.2 Å². The number of carbonyl (C=O) groups excluding carboxylic acids is 2. The molecule has 0 aliphatic carbocycles. The third-order valence-electron chi connectivity index (χ3n) is 3.96. The number of carbonyl (C=O) groups is 2. The number of nitrogens with zero attached hydrogens (tertiary/aromatic N) is 1. The summed E-state index contributed by atoms with van der Waals surface area (Å²) in [6.45, 7) is 1.73. The highest BCUT2D eigenvalue weighted by Crippen LogP contribution is 2.24. The summed E-state index contributed by atoms with van der Waals surface area (Å²) in [4.78, 5) is 39.4. The van der Waals surface area contributed by atoms with Crippen molar-refractivity contribution in [3.8, 4) is 0 Å². The minimum absolute atomic E-state index is 0.207. The van der Waals surface area contributed by atoms with Gasteiger partial charge >= 0.3 is 5.97 Å². The molecule has 6 nitrogen and oxygen atoms in total. The molecule has 1 amide bonds. The number of para-hydroxylation sites is 1. The van der Waals surface area contributed by atoms with Crippen molar-refractivity contribution in [2.24, 2.45) is 0 Å². The van der Waals surface area contributed by atoms with Gasteiger partial charge in [-0.25, -0.2) is 4.79 Å². The summed E-state index contributed by atoms with van der Waals surface area (Å²) in [6, 6.07) is 11.2. The van der Waals surface area contributed by atoms with E-state index < -0.39 is 5.97 Å². The van der Waals surface area contributed by atoms with E-state index in [0.717, 1.165) is 21.1 Å². The van der Waals surface area contributed by atoms with Gasteiger partial charge in [0.1, 0.15) is 11.2 Å². The number of rotatable bonds is 7. The van der Waals surface area contributed by atoms with Gasteiger partial charge < -0.3 is 10.1 Å². The van der Waals surface area contributed by atoms with Crippen LogP contribution in [0.15, 0.2) is 51.5 Å². The minimum atomic E-state index is -0.552. The maximum absolute atomic E-state index is 13.0. The highest BCUT2D eigenvalue weighted by Gasteiger charge is 2.12. The lowest BCUT2D eigenvalue weighted by Gasteiger charge is -2.09. The van der Waals surface area contributed by atoms with Crippen LogP contribution in [0.2, 0.25) is 0 Å². The predicted octanol–water partition coefficient (Wildman–Crippen LogP) is 2.50. The molecule has 0 atom stereocenters. The molecule has 0 bridgehead atoms. The van der Waals surface area contributed by atoms with Gasteiger partial charge in [-0.15, -0.1) is 34.4 Å². The third kappa shape index (κ3) is 5.50. The first-order valence-electron chi connectivity index (χ1n) is 9.08. The zero-order valence-electron chi connectivity index (χ0n) is 16.4. The lowest BCUT2D eigenvalue weighted by molar-refractivity contribution is -0.135. The van der Waals surface area contributed by atoms with Crippen LogP contribution in [-0.2, 0) is 20.9 Å². The molecule has 0 aliphatic rings. The van der Waals surface area contributed by atoms with Gasteiger partial charge in [0.25, 0.3) is 5.56 Å². The van der Waals surface area contributed by atoms with Crippen molar-refractivity contribution in [3.05, 3.63) is 66.2 Å². The standard InChI is InChI=1S/C21H20N2O4S3/c1-3-27-20(25)12-19-23(21(26)17(30-19)11-14-7-6-10-29-14)13-18(24)22-15-8-4-5-9-16(15)28-2/h4-12H,3,13H2,1-2H3,(H,22,24)/b17-11+,19-12-. The molecule has 30 heavy (non-hydrogen) atoms. The molecule has 1 aromatic carbocycles. The van der Waals surface area contributed by atoms with Crippen LogP contribution < -0.4 is 20.1 Å². The van der Waals surface area contributed by atoms with Crippen molar-refractivity contribution in [2.45, 2.75) is 18.4 Å². The topological polar surface area (TPSA) is 77.4 Å². The van der Waals surface area contributed by atoms with Crippen LogP contribution >= 0.6 is 34.4 Å². The summed E-state index contributed by atoms with van der Waals surface area (Å²) in [5.74, 6) is -0.902. The van der Waals surface area contributed by atoms with Gasteiger partial charge in [0, 0.05) is 9.77 Å². The van der Waals surface area contributed by atoms with Gasteiger partial charge in [-0.1, -0.05) is 18.2 Å². The summed E-state index contributed by atoms with van der Waals surface area (Å²) in [5, 5.41) is 4.76. The fraction of sp³-hybridized carbons (Fsp3) is 0.190. The molecular formula is C21H20N2O4S3. The summed E-state index contributed by atoms with van der Waals surface area (Å²) < 4.78 is 7.10. The van der Waals surface area contributed by atoms with E-state index in [9.17, 15) is 14.4 Å². The number of thiazole rings is 1. The molecule has 0 aliphatic heterocycles. The van der Waals surface area contributed by atoms with Crippen molar-refractivity contribution < 1.29 is 14.3 Å². The Bertz CT molecular complexity index is 1210. The quantitative estimate of drug-likeness (QED) is 0.433. The smallest absolute Gasteiger partial charge is 0.333 e. The zero-order valence-corrected chi connectivity index (χ0v) is 18.9. The number of benzene rings is 1. The van der Waals surface area contributed by atoms with Crippen molar-refractivity contribution in [1.29, 1.82) is 0 Å². The molecule has 3 aromatic rings. The van der Waals surface area contributed by atoms with E-state index in [-0.39, 0.29) is 24.6 Å². The summed E-state index contributed by atoms with van der Waals surface area (Å²) >= 11 is 4.18. The normalized spacial score (nSPS) is 12.2. The van der Waals surface area contributed by atoms with Crippen molar-refractivity contribution in [3.63, 3.8) is 0 Å². The summed E-state index contributed by atoms with van der Waals surface area (Å²) in [5.41, 5.74) is 0.358. The molecule has 2 aromatic heterocycles. The second-order valence-corrected chi connectivity index (χ2v) is 8.89.